The summed E-state index contributed by atoms with van der Waals surface area (Å²) in [5.41, 5.74) is 12.3. The minimum Gasteiger partial charge on any atom is -0.456 e. The Balaban J connectivity index is 1.04. The van der Waals surface area contributed by atoms with Crippen LogP contribution in [0.2, 0.25) is 0 Å². The molecule has 0 aliphatic heterocycles. The van der Waals surface area contributed by atoms with Gasteiger partial charge in [-0.3, -0.25) is 0 Å². The average Bonchev–Trinajstić information content (AvgIpc) is 3.58. The van der Waals surface area contributed by atoms with E-state index < -0.39 is 0 Å². The maximum atomic E-state index is 6.21. The molecule has 0 radical (unpaired) electrons. The first-order chi connectivity index (χ1) is 25.7. The number of benzene rings is 9. The first kappa shape index (κ1) is 30.0. The summed E-state index contributed by atoms with van der Waals surface area (Å²) < 4.78 is 6.21. The second-order valence-corrected chi connectivity index (χ2v) is 13.4. The van der Waals surface area contributed by atoms with E-state index in [2.05, 4.69) is 193 Å². The van der Waals surface area contributed by atoms with Crippen molar-refractivity contribution in [3.05, 3.63) is 200 Å². The Labute approximate surface area is 302 Å². The third-order valence-electron chi connectivity index (χ3n) is 10.2. The molecule has 10 aromatic rings. The Morgan fingerprint density at radius 2 is 0.904 bits per heavy atom. The monoisotopic (exact) mass is 663 g/mol. The Morgan fingerprint density at radius 3 is 1.73 bits per heavy atom. The van der Waals surface area contributed by atoms with Crippen molar-refractivity contribution in [1.29, 1.82) is 0 Å². The number of anilines is 3. The molecular formula is C50H33NO. The van der Waals surface area contributed by atoms with Gasteiger partial charge in [-0.1, -0.05) is 140 Å². The van der Waals surface area contributed by atoms with Gasteiger partial charge in [-0.05, 0) is 116 Å². The molecule has 0 bridgehead atoms. The molecule has 1 aromatic heterocycles. The fourth-order valence-corrected chi connectivity index (χ4v) is 7.62. The Kier molecular flexibility index (Phi) is 7.18. The SMILES string of the molecule is c1ccc(-c2cccc(N(c3ccc(-c4ccc5cc6c(cc5c4)oc4ccccc46)cc3)c3ccc(-c4cccc5ccccc45)cc3)c2)cc1. The molecule has 0 unspecified atom stereocenters. The lowest BCUT2D eigenvalue weighted by atomic mass is 9.97. The van der Waals surface area contributed by atoms with Crippen LogP contribution in [0.1, 0.15) is 0 Å². The van der Waals surface area contributed by atoms with Crippen molar-refractivity contribution in [1.82, 2.24) is 0 Å². The van der Waals surface area contributed by atoms with Crippen LogP contribution in [0, 0.1) is 0 Å². The quantitative estimate of drug-likeness (QED) is 0.176. The van der Waals surface area contributed by atoms with E-state index in [-0.39, 0.29) is 0 Å². The van der Waals surface area contributed by atoms with Crippen LogP contribution >= 0.6 is 0 Å². The molecule has 0 aliphatic carbocycles. The topological polar surface area (TPSA) is 16.4 Å². The first-order valence-electron chi connectivity index (χ1n) is 17.7. The second kappa shape index (κ2) is 12.5. The van der Waals surface area contributed by atoms with Gasteiger partial charge in [0.1, 0.15) is 11.2 Å². The smallest absolute Gasteiger partial charge is 0.136 e. The fourth-order valence-electron chi connectivity index (χ4n) is 7.62. The molecule has 9 aromatic carbocycles. The third-order valence-corrected chi connectivity index (χ3v) is 10.2. The zero-order chi connectivity index (χ0) is 34.4. The second-order valence-electron chi connectivity index (χ2n) is 13.4. The van der Waals surface area contributed by atoms with Crippen molar-refractivity contribution in [3.63, 3.8) is 0 Å². The Morgan fingerprint density at radius 1 is 0.288 bits per heavy atom. The molecule has 0 amide bonds. The molecule has 52 heavy (non-hydrogen) atoms. The predicted molar refractivity (Wildman–Crippen MR) is 220 cm³/mol. The average molecular weight is 664 g/mol. The van der Waals surface area contributed by atoms with E-state index in [0.717, 1.165) is 39.0 Å². The maximum Gasteiger partial charge on any atom is 0.136 e. The van der Waals surface area contributed by atoms with Gasteiger partial charge in [0.15, 0.2) is 0 Å². The van der Waals surface area contributed by atoms with Crippen molar-refractivity contribution >= 4 is 60.5 Å². The lowest BCUT2D eigenvalue weighted by molar-refractivity contribution is 0.669. The summed E-state index contributed by atoms with van der Waals surface area (Å²) in [6, 6.07) is 71.8. The van der Waals surface area contributed by atoms with Crippen LogP contribution in [-0.2, 0) is 0 Å². The van der Waals surface area contributed by atoms with E-state index in [4.69, 9.17) is 4.42 Å². The highest BCUT2D eigenvalue weighted by Gasteiger charge is 2.15. The predicted octanol–water partition coefficient (Wildman–Crippen LogP) is 14.4. The van der Waals surface area contributed by atoms with E-state index in [0.29, 0.717) is 0 Å². The van der Waals surface area contributed by atoms with Crippen LogP contribution in [-0.4, -0.2) is 0 Å². The summed E-state index contributed by atoms with van der Waals surface area (Å²) >= 11 is 0. The molecule has 0 fully saturated rings. The molecule has 0 aliphatic rings. The summed E-state index contributed by atoms with van der Waals surface area (Å²) in [6.45, 7) is 0. The molecule has 1 heterocycles. The number of furan rings is 1. The van der Waals surface area contributed by atoms with Gasteiger partial charge in [-0.2, -0.15) is 0 Å². The molecule has 244 valence electrons. The van der Waals surface area contributed by atoms with Crippen LogP contribution in [0.15, 0.2) is 205 Å². The van der Waals surface area contributed by atoms with Crippen molar-refractivity contribution < 1.29 is 4.42 Å². The number of hydrogen-bond acceptors (Lipinski definition) is 2. The van der Waals surface area contributed by atoms with Gasteiger partial charge in [0.25, 0.3) is 0 Å². The highest BCUT2D eigenvalue weighted by Crippen LogP contribution is 2.40. The summed E-state index contributed by atoms with van der Waals surface area (Å²) in [7, 11) is 0. The summed E-state index contributed by atoms with van der Waals surface area (Å²) in [4.78, 5) is 2.35. The van der Waals surface area contributed by atoms with E-state index in [9.17, 15) is 0 Å². The van der Waals surface area contributed by atoms with E-state index in [1.54, 1.807) is 0 Å². The van der Waals surface area contributed by atoms with Crippen LogP contribution in [0.4, 0.5) is 17.1 Å². The van der Waals surface area contributed by atoms with Gasteiger partial charge >= 0.3 is 0 Å². The zero-order valence-electron chi connectivity index (χ0n) is 28.4. The van der Waals surface area contributed by atoms with E-state index in [1.807, 2.05) is 12.1 Å². The maximum absolute atomic E-state index is 6.21. The summed E-state index contributed by atoms with van der Waals surface area (Å²) in [5.74, 6) is 0. The molecule has 0 spiro atoms. The van der Waals surface area contributed by atoms with Gasteiger partial charge in [0, 0.05) is 27.8 Å². The Hall–Kier alpha value is -6.90. The molecule has 2 nitrogen and oxygen atoms in total. The van der Waals surface area contributed by atoms with Gasteiger partial charge in [-0.15, -0.1) is 0 Å². The highest BCUT2D eigenvalue weighted by molar-refractivity contribution is 6.10. The van der Waals surface area contributed by atoms with Crippen LogP contribution in [0.5, 0.6) is 0 Å². The third kappa shape index (κ3) is 5.30. The largest absolute Gasteiger partial charge is 0.456 e. The minimum atomic E-state index is 0.918. The number of nitrogens with zero attached hydrogens (tertiary/aromatic N) is 1. The van der Waals surface area contributed by atoms with Crippen LogP contribution in [0.25, 0.3) is 76.9 Å². The number of para-hydroxylation sites is 1. The van der Waals surface area contributed by atoms with Gasteiger partial charge in [0.05, 0.1) is 0 Å². The number of hydrogen-bond donors (Lipinski definition) is 0. The van der Waals surface area contributed by atoms with Gasteiger partial charge in [-0.25, -0.2) is 0 Å². The van der Waals surface area contributed by atoms with Gasteiger partial charge < -0.3 is 9.32 Å². The molecule has 0 N–H and O–H groups in total. The molecule has 0 atom stereocenters. The van der Waals surface area contributed by atoms with Gasteiger partial charge in [0.2, 0.25) is 0 Å². The molecule has 0 saturated heterocycles. The van der Waals surface area contributed by atoms with E-state index >= 15 is 0 Å². The zero-order valence-corrected chi connectivity index (χ0v) is 28.4. The minimum absolute atomic E-state index is 0.918. The lowest BCUT2D eigenvalue weighted by Gasteiger charge is -2.26. The number of fused-ring (bicyclic) bond motifs is 5. The molecule has 10 rings (SSSR count). The van der Waals surface area contributed by atoms with Crippen molar-refractivity contribution in [2.45, 2.75) is 0 Å². The summed E-state index contributed by atoms with van der Waals surface area (Å²) in [5, 5.41) is 7.19. The van der Waals surface area contributed by atoms with Crippen molar-refractivity contribution in [3.8, 4) is 33.4 Å². The van der Waals surface area contributed by atoms with Crippen LogP contribution in [0.3, 0.4) is 0 Å². The summed E-state index contributed by atoms with van der Waals surface area (Å²) in [6.07, 6.45) is 0. The van der Waals surface area contributed by atoms with E-state index in [1.165, 1.54) is 54.9 Å². The Bertz CT molecular complexity index is 2880. The van der Waals surface area contributed by atoms with Crippen LogP contribution < -0.4 is 4.90 Å². The normalized spacial score (nSPS) is 11.5. The fraction of sp³-hybridized carbons (Fsp3) is 0. The highest BCUT2D eigenvalue weighted by atomic mass is 16.3. The van der Waals surface area contributed by atoms with Crippen molar-refractivity contribution in [2.24, 2.45) is 0 Å². The standard InChI is InChI=1S/C50H33NO/c1-2-10-34(11-3-1)38-14-8-15-44(31-38)51(43-28-24-37(25-29-43)46-18-9-13-36-12-4-5-16-45(36)46)42-26-22-35(23-27-42)39-20-21-40-32-48-47-17-6-7-19-49(47)52-50(48)33-41(40)30-39/h1-33H. The molecule has 0 saturated carbocycles. The molecule has 2 heteroatoms. The molecular weight excluding hydrogens is 631 g/mol. The first-order valence-corrected chi connectivity index (χ1v) is 17.7. The van der Waals surface area contributed by atoms with Crippen molar-refractivity contribution in [2.75, 3.05) is 4.90 Å². The number of rotatable bonds is 6. The lowest BCUT2D eigenvalue weighted by Crippen LogP contribution is -2.10.